The van der Waals surface area contributed by atoms with Crippen molar-refractivity contribution in [3.8, 4) is 33.4 Å². The molecular formula is C46H31NO. The Morgan fingerprint density at radius 2 is 0.854 bits per heavy atom. The van der Waals surface area contributed by atoms with Crippen molar-refractivity contribution in [1.29, 1.82) is 0 Å². The molecule has 1 aromatic heterocycles. The van der Waals surface area contributed by atoms with Crippen molar-refractivity contribution in [2.24, 2.45) is 0 Å². The standard InChI is InChI=1S/C46H31NO/c1-4-12-32(13-5-1)34-20-25-38(26-21-34)47(39-27-22-35(23-28-39)33-14-6-2-7-15-33)40-30-43(36-16-8-3-9-17-36)45-42-29-24-37-18-10-11-19-41(37)46(42)48-44(45)31-40/h1-31H. The minimum absolute atomic E-state index is 0.865. The van der Waals surface area contributed by atoms with E-state index >= 15 is 0 Å². The lowest BCUT2D eigenvalue weighted by Gasteiger charge is -2.26. The Morgan fingerprint density at radius 3 is 1.44 bits per heavy atom. The quantitative estimate of drug-likeness (QED) is 0.185. The number of hydrogen-bond donors (Lipinski definition) is 0. The molecule has 226 valence electrons. The molecule has 0 spiro atoms. The minimum Gasteiger partial charge on any atom is -0.455 e. The zero-order valence-electron chi connectivity index (χ0n) is 26.3. The summed E-state index contributed by atoms with van der Waals surface area (Å²) in [5.74, 6) is 0. The van der Waals surface area contributed by atoms with Gasteiger partial charge < -0.3 is 9.32 Å². The van der Waals surface area contributed by atoms with Crippen LogP contribution in [0.1, 0.15) is 0 Å². The molecule has 0 amide bonds. The summed E-state index contributed by atoms with van der Waals surface area (Å²) in [5, 5.41) is 4.55. The van der Waals surface area contributed by atoms with Gasteiger partial charge in [0.05, 0.1) is 5.69 Å². The van der Waals surface area contributed by atoms with Gasteiger partial charge in [-0.05, 0) is 75.2 Å². The number of rotatable bonds is 6. The maximum Gasteiger partial charge on any atom is 0.143 e. The summed E-state index contributed by atoms with van der Waals surface area (Å²) in [6.45, 7) is 0. The number of hydrogen-bond acceptors (Lipinski definition) is 2. The summed E-state index contributed by atoms with van der Waals surface area (Å²) in [5.41, 5.74) is 12.0. The second-order valence-electron chi connectivity index (χ2n) is 12.2. The molecule has 0 radical (unpaired) electrons. The van der Waals surface area contributed by atoms with E-state index in [0.29, 0.717) is 0 Å². The van der Waals surface area contributed by atoms with Crippen LogP contribution < -0.4 is 4.90 Å². The Hall–Kier alpha value is -6.38. The van der Waals surface area contributed by atoms with Crippen LogP contribution in [0, 0.1) is 0 Å². The molecular weight excluding hydrogens is 583 g/mol. The molecule has 0 aliphatic carbocycles. The van der Waals surface area contributed by atoms with Gasteiger partial charge in [-0.2, -0.15) is 0 Å². The first-order valence-corrected chi connectivity index (χ1v) is 16.3. The van der Waals surface area contributed by atoms with E-state index in [1.165, 1.54) is 27.6 Å². The van der Waals surface area contributed by atoms with Crippen LogP contribution in [0.2, 0.25) is 0 Å². The van der Waals surface area contributed by atoms with Gasteiger partial charge in [-0.1, -0.05) is 146 Å². The lowest BCUT2D eigenvalue weighted by molar-refractivity contribution is 0.673. The molecule has 0 saturated carbocycles. The normalized spacial score (nSPS) is 11.3. The zero-order valence-corrected chi connectivity index (χ0v) is 26.3. The summed E-state index contributed by atoms with van der Waals surface area (Å²) in [4.78, 5) is 2.33. The topological polar surface area (TPSA) is 16.4 Å². The maximum absolute atomic E-state index is 6.82. The van der Waals surface area contributed by atoms with Crippen molar-refractivity contribution in [1.82, 2.24) is 0 Å². The molecule has 9 aromatic rings. The fraction of sp³-hybridized carbons (Fsp3) is 0. The predicted octanol–water partition coefficient (Wildman–Crippen LogP) is 13.2. The van der Waals surface area contributed by atoms with Gasteiger partial charge in [0.2, 0.25) is 0 Å². The predicted molar refractivity (Wildman–Crippen MR) is 202 cm³/mol. The Kier molecular flexibility index (Phi) is 6.84. The van der Waals surface area contributed by atoms with Crippen molar-refractivity contribution in [3.05, 3.63) is 188 Å². The second-order valence-corrected chi connectivity index (χ2v) is 12.2. The third-order valence-corrected chi connectivity index (χ3v) is 9.26. The van der Waals surface area contributed by atoms with Crippen LogP contribution >= 0.6 is 0 Å². The molecule has 48 heavy (non-hydrogen) atoms. The fourth-order valence-electron chi connectivity index (χ4n) is 6.91. The molecule has 0 aliphatic rings. The van der Waals surface area contributed by atoms with Crippen LogP contribution in [0.5, 0.6) is 0 Å². The summed E-state index contributed by atoms with van der Waals surface area (Å²) < 4.78 is 6.82. The molecule has 0 N–H and O–H groups in total. The van der Waals surface area contributed by atoms with Crippen molar-refractivity contribution >= 4 is 49.8 Å². The number of nitrogens with zero attached hydrogens (tertiary/aromatic N) is 1. The number of benzene rings is 8. The summed E-state index contributed by atoms with van der Waals surface area (Å²) in [6, 6.07) is 66.8. The minimum atomic E-state index is 0.865. The van der Waals surface area contributed by atoms with Gasteiger partial charge in [-0.15, -0.1) is 0 Å². The molecule has 0 bridgehead atoms. The maximum atomic E-state index is 6.82. The van der Waals surface area contributed by atoms with Gasteiger partial charge in [0.1, 0.15) is 11.2 Å². The lowest BCUT2D eigenvalue weighted by atomic mass is 9.97. The smallest absolute Gasteiger partial charge is 0.143 e. The summed E-state index contributed by atoms with van der Waals surface area (Å²) >= 11 is 0. The van der Waals surface area contributed by atoms with E-state index in [2.05, 4.69) is 193 Å². The Bertz CT molecular complexity index is 2430. The van der Waals surface area contributed by atoms with Crippen LogP contribution in [-0.2, 0) is 0 Å². The fourth-order valence-corrected chi connectivity index (χ4v) is 6.91. The summed E-state index contributed by atoms with van der Waals surface area (Å²) in [7, 11) is 0. The highest BCUT2D eigenvalue weighted by molar-refractivity contribution is 6.19. The monoisotopic (exact) mass is 613 g/mol. The molecule has 9 rings (SSSR count). The highest BCUT2D eigenvalue weighted by atomic mass is 16.3. The van der Waals surface area contributed by atoms with Crippen LogP contribution in [0.3, 0.4) is 0 Å². The van der Waals surface area contributed by atoms with Crippen LogP contribution in [0.4, 0.5) is 17.1 Å². The van der Waals surface area contributed by atoms with E-state index in [1.54, 1.807) is 0 Å². The van der Waals surface area contributed by atoms with Crippen LogP contribution in [-0.4, -0.2) is 0 Å². The zero-order chi connectivity index (χ0) is 31.9. The highest BCUT2D eigenvalue weighted by Crippen LogP contribution is 2.45. The van der Waals surface area contributed by atoms with Gasteiger partial charge in [0.15, 0.2) is 0 Å². The summed E-state index contributed by atoms with van der Waals surface area (Å²) in [6.07, 6.45) is 0. The largest absolute Gasteiger partial charge is 0.455 e. The third kappa shape index (κ3) is 4.92. The number of furan rings is 1. The van der Waals surface area contributed by atoms with Crippen molar-refractivity contribution in [2.45, 2.75) is 0 Å². The van der Waals surface area contributed by atoms with Gasteiger partial charge >= 0.3 is 0 Å². The molecule has 0 saturated heterocycles. The van der Waals surface area contributed by atoms with Gasteiger partial charge in [0.25, 0.3) is 0 Å². The number of anilines is 3. The van der Waals surface area contributed by atoms with Gasteiger partial charge in [-0.3, -0.25) is 0 Å². The van der Waals surface area contributed by atoms with Gasteiger partial charge in [-0.25, -0.2) is 0 Å². The third-order valence-electron chi connectivity index (χ3n) is 9.26. The van der Waals surface area contributed by atoms with Crippen molar-refractivity contribution in [2.75, 3.05) is 4.90 Å². The molecule has 1 heterocycles. The van der Waals surface area contributed by atoms with Gasteiger partial charge in [0, 0.05) is 33.6 Å². The van der Waals surface area contributed by atoms with E-state index in [0.717, 1.165) is 55.5 Å². The van der Waals surface area contributed by atoms with Crippen molar-refractivity contribution < 1.29 is 4.42 Å². The van der Waals surface area contributed by atoms with Crippen LogP contribution in [0.25, 0.3) is 66.1 Å². The average molecular weight is 614 g/mol. The van der Waals surface area contributed by atoms with E-state index in [-0.39, 0.29) is 0 Å². The molecule has 8 aromatic carbocycles. The lowest BCUT2D eigenvalue weighted by Crippen LogP contribution is -2.10. The van der Waals surface area contributed by atoms with E-state index in [4.69, 9.17) is 4.42 Å². The van der Waals surface area contributed by atoms with E-state index in [1.807, 2.05) is 0 Å². The van der Waals surface area contributed by atoms with E-state index in [9.17, 15) is 0 Å². The highest BCUT2D eigenvalue weighted by Gasteiger charge is 2.20. The van der Waals surface area contributed by atoms with Crippen molar-refractivity contribution in [3.63, 3.8) is 0 Å². The molecule has 2 heteroatoms. The molecule has 0 aliphatic heterocycles. The first-order valence-electron chi connectivity index (χ1n) is 16.3. The van der Waals surface area contributed by atoms with E-state index < -0.39 is 0 Å². The first kappa shape index (κ1) is 27.9. The number of fused-ring (bicyclic) bond motifs is 5. The molecule has 2 nitrogen and oxygen atoms in total. The average Bonchev–Trinajstić information content (AvgIpc) is 3.55. The second kappa shape index (κ2) is 11.8. The molecule has 0 fully saturated rings. The molecule has 0 atom stereocenters. The Morgan fingerprint density at radius 1 is 0.354 bits per heavy atom. The Labute approximate surface area is 279 Å². The van der Waals surface area contributed by atoms with Crippen LogP contribution in [0.15, 0.2) is 192 Å². The SMILES string of the molecule is c1ccc(-c2ccc(N(c3ccc(-c4ccccc4)cc3)c3cc(-c4ccccc4)c4c(c3)oc3c5ccccc5ccc34)cc2)cc1. The first-order chi connectivity index (χ1) is 23.8. The Balaban J connectivity index is 1.27. The molecule has 0 unspecified atom stereocenters.